The van der Waals surface area contributed by atoms with Crippen molar-refractivity contribution < 1.29 is 5.21 Å². The summed E-state index contributed by atoms with van der Waals surface area (Å²) in [7, 11) is 4.16. The van der Waals surface area contributed by atoms with Crippen LogP contribution in [0.4, 0.5) is 11.4 Å². The number of benzene rings is 1. The van der Waals surface area contributed by atoms with Gasteiger partial charge in [-0.2, -0.15) is 0 Å². The summed E-state index contributed by atoms with van der Waals surface area (Å²) in [6.07, 6.45) is 1.12. The molecule has 5 heteroatoms. The van der Waals surface area contributed by atoms with Crippen molar-refractivity contribution in [1.29, 1.82) is 0 Å². The predicted molar refractivity (Wildman–Crippen MR) is 68.4 cm³/mol. The topological polar surface area (TPSA) is 53.0 Å². The van der Waals surface area contributed by atoms with E-state index in [0.717, 1.165) is 25.2 Å². The fourth-order valence-electron chi connectivity index (χ4n) is 2.21. The molecule has 0 aliphatic carbocycles. The zero-order valence-corrected chi connectivity index (χ0v) is 10.2. The molecule has 1 heterocycles. The van der Waals surface area contributed by atoms with Crippen LogP contribution in [-0.2, 0) is 0 Å². The van der Waals surface area contributed by atoms with Crippen molar-refractivity contribution in [2.24, 2.45) is 0 Å². The third kappa shape index (κ3) is 2.69. The number of likely N-dealkylation sites (N-methyl/N-ethyl adjacent to an activating group) is 1. The first-order chi connectivity index (χ1) is 8.08. The van der Waals surface area contributed by atoms with Gasteiger partial charge in [0, 0.05) is 24.8 Å². The lowest BCUT2D eigenvalue weighted by Crippen LogP contribution is -2.31. The molecular weight excluding hydrogens is 218 g/mol. The molecule has 0 saturated carbocycles. The summed E-state index contributed by atoms with van der Waals surface area (Å²) in [5.41, 5.74) is 1.26. The third-order valence-corrected chi connectivity index (χ3v) is 3.31. The van der Waals surface area contributed by atoms with Gasteiger partial charge in [-0.15, -0.1) is 0 Å². The molecular formula is C12H18N3O2-. The van der Waals surface area contributed by atoms with Gasteiger partial charge in [-0.3, -0.25) is 5.21 Å². The molecule has 1 aliphatic rings. The standard InChI is InChI=1S/C12H18N3O2/c1-13(2)12-6-7-14(9-12)10-4-3-5-11(8-10)15(16)17/h3-5,8,12,16H,6-7,9H2,1-2H3/q-1. The SMILES string of the molecule is CN(C)C1CCN(c2cccc(N([O-])O)c2)C1. The smallest absolute Gasteiger partial charge is 0.0529 e. The highest BCUT2D eigenvalue weighted by Crippen LogP contribution is 2.25. The average molecular weight is 236 g/mol. The average Bonchev–Trinajstić information content (AvgIpc) is 2.78. The molecule has 1 fully saturated rings. The van der Waals surface area contributed by atoms with Crippen LogP contribution >= 0.6 is 0 Å². The summed E-state index contributed by atoms with van der Waals surface area (Å²) in [5.74, 6) is 0. The van der Waals surface area contributed by atoms with E-state index in [9.17, 15) is 5.21 Å². The molecule has 0 radical (unpaired) electrons. The Kier molecular flexibility index (Phi) is 3.51. The predicted octanol–water partition coefficient (Wildman–Crippen LogP) is 1.52. The maximum atomic E-state index is 10.8. The lowest BCUT2D eigenvalue weighted by Gasteiger charge is -2.25. The van der Waals surface area contributed by atoms with Crippen LogP contribution in [0.25, 0.3) is 0 Å². The van der Waals surface area contributed by atoms with Crippen LogP contribution in [0.2, 0.25) is 0 Å². The van der Waals surface area contributed by atoms with E-state index in [1.165, 1.54) is 0 Å². The van der Waals surface area contributed by atoms with E-state index in [2.05, 4.69) is 23.9 Å². The van der Waals surface area contributed by atoms with E-state index in [4.69, 9.17) is 5.21 Å². The maximum Gasteiger partial charge on any atom is 0.0529 e. The molecule has 1 unspecified atom stereocenters. The van der Waals surface area contributed by atoms with E-state index >= 15 is 0 Å². The minimum Gasteiger partial charge on any atom is -0.733 e. The summed E-state index contributed by atoms with van der Waals surface area (Å²) in [5, 5.41) is 19.6. The highest BCUT2D eigenvalue weighted by Gasteiger charge is 2.24. The highest BCUT2D eigenvalue weighted by molar-refractivity contribution is 5.59. The minimum atomic E-state index is -0.0942. The molecule has 1 aromatic rings. The Labute approximate surface area is 101 Å². The first-order valence-corrected chi connectivity index (χ1v) is 5.75. The zero-order chi connectivity index (χ0) is 12.4. The van der Waals surface area contributed by atoms with Gasteiger partial charge < -0.3 is 20.2 Å². The first-order valence-electron chi connectivity index (χ1n) is 5.75. The van der Waals surface area contributed by atoms with Gasteiger partial charge >= 0.3 is 0 Å². The van der Waals surface area contributed by atoms with Gasteiger partial charge in [0.25, 0.3) is 0 Å². The van der Waals surface area contributed by atoms with Crippen LogP contribution in [0.3, 0.4) is 0 Å². The van der Waals surface area contributed by atoms with Gasteiger partial charge in [-0.25, -0.2) is 0 Å². The Bertz CT molecular complexity index is 382. The molecule has 5 nitrogen and oxygen atoms in total. The van der Waals surface area contributed by atoms with Crippen molar-refractivity contribution >= 4 is 11.4 Å². The van der Waals surface area contributed by atoms with Crippen molar-refractivity contribution in [3.8, 4) is 0 Å². The van der Waals surface area contributed by atoms with Gasteiger partial charge in [-0.05, 0) is 38.7 Å². The second kappa shape index (κ2) is 4.91. The van der Waals surface area contributed by atoms with Gasteiger partial charge in [-0.1, -0.05) is 6.07 Å². The van der Waals surface area contributed by atoms with Crippen LogP contribution in [0.15, 0.2) is 24.3 Å². The van der Waals surface area contributed by atoms with Crippen molar-refractivity contribution in [2.45, 2.75) is 12.5 Å². The molecule has 1 atom stereocenters. The Morgan fingerprint density at radius 1 is 1.41 bits per heavy atom. The largest absolute Gasteiger partial charge is 0.733 e. The molecule has 1 aromatic carbocycles. The molecule has 0 aromatic heterocycles. The lowest BCUT2D eigenvalue weighted by molar-refractivity contribution is 0.296. The highest BCUT2D eigenvalue weighted by atomic mass is 16.8. The molecule has 1 N–H and O–H groups in total. The van der Waals surface area contributed by atoms with Crippen molar-refractivity contribution in [3.63, 3.8) is 0 Å². The summed E-state index contributed by atoms with van der Waals surface area (Å²) >= 11 is 0. The zero-order valence-electron chi connectivity index (χ0n) is 10.2. The van der Waals surface area contributed by atoms with E-state index in [-0.39, 0.29) is 10.9 Å². The van der Waals surface area contributed by atoms with Crippen LogP contribution in [0.1, 0.15) is 6.42 Å². The molecule has 94 valence electrons. The monoisotopic (exact) mass is 236 g/mol. The Morgan fingerprint density at radius 2 is 2.18 bits per heavy atom. The minimum absolute atomic E-state index is 0.0942. The van der Waals surface area contributed by atoms with E-state index in [0.29, 0.717) is 6.04 Å². The van der Waals surface area contributed by atoms with Crippen LogP contribution < -0.4 is 10.1 Å². The normalized spacial score (nSPS) is 20.1. The summed E-state index contributed by atoms with van der Waals surface area (Å²) in [6.45, 7) is 1.94. The number of hydrogen-bond donors (Lipinski definition) is 1. The molecule has 0 amide bonds. The summed E-state index contributed by atoms with van der Waals surface area (Å²) in [4.78, 5) is 4.45. The molecule has 1 aliphatic heterocycles. The second-order valence-electron chi connectivity index (χ2n) is 4.64. The van der Waals surface area contributed by atoms with Crippen LogP contribution in [0, 0.1) is 5.21 Å². The molecule has 17 heavy (non-hydrogen) atoms. The van der Waals surface area contributed by atoms with Gasteiger partial charge in [0.15, 0.2) is 0 Å². The number of hydrogen-bond acceptors (Lipinski definition) is 5. The fourth-order valence-corrected chi connectivity index (χ4v) is 2.21. The second-order valence-corrected chi connectivity index (χ2v) is 4.64. The number of nitrogens with zero attached hydrogens (tertiary/aromatic N) is 3. The number of rotatable bonds is 3. The molecule has 1 saturated heterocycles. The maximum absolute atomic E-state index is 10.8. The Hall–Kier alpha value is -1.30. The van der Waals surface area contributed by atoms with Crippen molar-refractivity contribution in [1.82, 2.24) is 4.90 Å². The van der Waals surface area contributed by atoms with Crippen LogP contribution in [-0.4, -0.2) is 43.3 Å². The molecule has 2 rings (SSSR count). The Morgan fingerprint density at radius 3 is 2.76 bits per heavy atom. The summed E-state index contributed by atoms with van der Waals surface area (Å²) in [6, 6.07) is 7.61. The van der Waals surface area contributed by atoms with Gasteiger partial charge in [0.05, 0.1) is 5.69 Å². The quantitative estimate of drug-likeness (QED) is 0.806. The first kappa shape index (κ1) is 12.2. The van der Waals surface area contributed by atoms with Gasteiger partial charge in [0.1, 0.15) is 0 Å². The Balaban J connectivity index is 2.11. The lowest BCUT2D eigenvalue weighted by atomic mass is 10.2. The van der Waals surface area contributed by atoms with Crippen LogP contribution in [0.5, 0.6) is 0 Å². The molecule has 0 spiro atoms. The number of anilines is 2. The van der Waals surface area contributed by atoms with E-state index < -0.39 is 0 Å². The van der Waals surface area contributed by atoms with Crippen molar-refractivity contribution in [2.75, 3.05) is 37.3 Å². The summed E-state index contributed by atoms with van der Waals surface area (Å²) < 4.78 is 0. The van der Waals surface area contributed by atoms with E-state index in [1.807, 2.05) is 6.07 Å². The van der Waals surface area contributed by atoms with Gasteiger partial charge in [0.2, 0.25) is 0 Å². The molecule has 0 bridgehead atoms. The fraction of sp³-hybridized carbons (Fsp3) is 0.500. The third-order valence-electron chi connectivity index (χ3n) is 3.31. The van der Waals surface area contributed by atoms with Crippen molar-refractivity contribution in [3.05, 3.63) is 29.5 Å². The van der Waals surface area contributed by atoms with E-state index in [1.54, 1.807) is 18.2 Å².